The Labute approximate surface area is 576 Å². The fourth-order valence-corrected chi connectivity index (χ4v) is 12.4. The summed E-state index contributed by atoms with van der Waals surface area (Å²) in [7, 11) is 0. The first-order chi connectivity index (χ1) is 44.8. The van der Waals surface area contributed by atoms with Crippen LogP contribution in [0.5, 0.6) is 0 Å². The van der Waals surface area contributed by atoms with Crippen molar-refractivity contribution in [2.75, 3.05) is 151 Å². The number of carbonyl (C=O) groups excluding carboxylic acids is 5. The van der Waals surface area contributed by atoms with Gasteiger partial charge in [-0.05, 0) is 154 Å². The zero-order valence-electron chi connectivity index (χ0n) is 57.9. The van der Waals surface area contributed by atoms with E-state index in [-0.39, 0.29) is 58.7 Å². The van der Waals surface area contributed by atoms with Crippen molar-refractivity contribution >= 4 is 77.5 Å². The molecule has 0 spiro atoms. The van der Waals surface area contributed by atoms with E-state index in [1.54, 1.807) is 47.0 Å². The number of nitrogens with one attached hydrogen (secondary N) is 5. The Morgan fingerprint density at radius 2 is 0.755 bits per heavy atom. The molecule has 5 amide bonds. The van der Waals surface area contributed by atoms with E-state index in [4.69, 9.17) is 61.6 Å². The number of fused-ring (bicyclic) bond motifs is 3. The predicted molar refractivity (Wildman–Crippen MR) is 374 cm³/mol. The number of hydrogen-bond donors (Lipinski definition) is 5. The normalized spacial score (nSPS) is 17.3. The minimum atomic E-state index is -0.915. The molecular formula is C67H111N5O18S4. The molecule has 1 saturated heterocycles. The number of benzene rings is 2. The molecule has 4 rings (SSSR count). The zero-order valence-corrected chi connectivity index (χ0v) is 61.1. The third kappa shape index (κ3) is 37.6. The van der Waals surface area contributed by atoms with Crippen LogP contribution in [-0.4, -0.2) is 235 Å². The Morgan fingerprint density at radius 3 is 1.19 bits per heavy atom. The molecule has 0 unspecified atom stereocenters. The van der Waals surface area contributed by atoms with E-state index >= 15 is 0 Å². The van der Waals surface area contributed by atoms with Crippen molar-refractivity contribution in [2.24, 2.45) is 0 Å². The quantitative estimate of drug-likeness (QED) is 0.0305. The molecule has 5 atom stereocenters. The highest BCUT2D eigenvalue weighted by Crippen LogP contribution is 2.44. The molecule has 0 radical (unpaired) electrons. The van der Waals surface area contributed by atoms with Crippen LogP contribution < -0.4 is 26.6 Å². The summed E-state index contributed by atoms with van der Waals surface area (Å²) in [6.07, 6.45) is -3.08. The summed E-state index contributed by atoms with van der Waals surface area (Å²) in [5.74, 6) is 5.81. The van der Waals surface area contributed by atoms with Crippen molar-refractivity contribution in [3.8, 4) is 11.1 Å². The molecule has 536 valence electrons. The number of thioether (sulfide) groups is 4. The van der Waals surface area contributed by atoms with Gasteiger partial charge in [0.05, 0.1) is 39.6 Å². The Kier molecular flexibility index (Phi) is 39.8. The summed E-state index contributed by atoms with van der Waals surface area (Å²) in [6.45, 7) is 27.1. The van der Waals surface area contributed by atoms with Crippen molar-refractivity contribution in [1.29, 1.82) is 0 Å². The Morgan fingerprint density at radius 1 is 0.383 bits per heavy atom. The molecule has 0 saturated carbocycles. The van der Waals surface area contributed by atoms with Gasteiger partial charge in [-0.15, -0.1) is 0 Å². The lowest BCUT2D eigenvalue weighted by Crippen LogP contribution is -2.62. The fraction of sp³-hybridized carbons (Fsp3) is 0.746. The molecule has 0 bridgehead atoms. The first-order valence-corrected chi connectivity index (χ1v) is 37.5. The lowest BCUT2D eigenvalue weighted by Gasteiger charge is -2.46. The van der Waals surface area contributed by atoms with Gasteiger partial charge >= 0.3 is 30.5 Å². The summed E-state index contributed by atoms with van der Waals surface area (Å²) in [5, 5.41) is 14.1. The van der Waals surface area contributed by atoms with E-state index in [9.17, 15) is 24.0 Å². The van der Waals surface area contributed by atoms with Crippen LogP contribution in [0.25, 0.3) is 11.1 Å². The molecule has 1 aliphatic heterocycles. The Bertz CT molecular complexity index is 2420. The second kappa shape index (κ2) is 45.5. The summed E-state index contributed by atoms with van der Waals surface area (Å²) in [6, 6.07) is 16.4. The summed E-state index contributed by atoms with van der Waals surface area (Å²) >= 11 is 6.78. The minimum Gasteiger partial charge on any atom is -0.449 e. The average molecular weight is 1400 g/mol. The molecule has 27 heteroatoms. The van der Waals surface area contributed by atoms with Gasteiger partial charge in [0.1, 0.15) is 53.4 Å². The minimum absolute atomic E-state index is 0.0359. The maximum atomic E-state index is 12.8. The SMILES string of the molecule is CC(C)(C)OC(=O)NCCSCCCOC[C@H]1O[C@@H](OCCOCCOCCNC(=O)OCC2c3ccccc3-c3ccccc32)[C@H](OCCCSCCNC(=O)OC(C)(C)C)[C@@H](OCCCSCCNC(=O)OC(C)(C)C)[C@@H]1OCCCSCCNC(=O)OC(C)(C)C. The van der Waals surface area contributed by atoms with Gasteiger partial charge in [0, 0.05) is 88.1 Å². The van der Waals surface area contributed by atoms with Crippen molar-refractivity contribution in [3.63, 3.8) is 0 Å². The van der Waals surface area contributed by atoms with Crippen LogP contribution in [0, 0.1) is 0 Å². The molecule has 2 aromatic carbocycles. The maximum Gasteiger partial charge on any atom is 0.407 e. The predicted octanol–water partition coefficient (Wildman–Crippen LogP) is 11.1. The van der Waals surface area contributed by atoms with Gasteiger partial charge in [-0.25, -0.2) is 24.0 Å². The largest absolute Gasteiger partial charge is 0.449 e. The third-order valence-corrected chi connectivity index (χ3v) is 17.4. The highest BCUT2D eigenvalue weighted by molar-refractivity contribution is 7.99. The van der Waals surface area contributed by atoms with Gasteiger partial charge in [0.2, 0.25) is 0 Å². The van der Waals surface area contributed by atoms with Crippen LogP contribution in [0.1, 0.15) is 126 Å². The van der Waals surface area contributed by atoms with Crippen molar-refractivity contribution < 1.29 is 85.6 Å². The Balaban J connectivity index is 1.40. The van der Waals surface area contributed by atoms with E-state index in [0.717, 1.165) is 51.7 Å². The fourth-order valence-electron chi connectivity index (χ4n) is 9.30. The lowest BCUT2D eigenvalue weighted by atomic mass is 9.98. The number of amides is 5. The van der Waals surface area contributed by atoms with Crippen LogP contribution in [0.4, 0.5) is 24.0 Å². The van der Waals surface area contributed by atoms with Crippen molar-refractivity contribution in [1.82, 2.24) is 26.6 Å². The number of hydrogen-bond acceptors (Lipinski definition) is 22. The van der Waals surface area contributed by atoms with Crippen LogP contribution in [0.15, 0.2) is 48.5 Å². The maximum absolute atomic E-state index is 12.8. The standard InChI is InChI=1S/C67H111N5O18S4/c1-64(2,3)87-60(74)69-26-43-91-39-17-30-80-48-54-55(81-31-18-40-92-44-27-70-61(75)88-65(4,5)6)56(82-32-19-41-93-45-28-71-62(76)89-66(7,8)9)57(83-33-20-42-94-46-29-72-63(77)90-67(10,11)12)58(86-54)84-38-37-79-36-35-78-34-25-68-59(73)85-47-53-51-23-15-13-21-49(51)50-22-14-16-24-52(50)53/h13-16,21-24,53-58H,17-20,25-48H2,1-12H3,(H,68,73)(H,69,74)(H,70,75)(H,71,76)(H,72,77)/t54-,55-,56+,57-,58-/m1/s1. The molecule has 1 aliphatic carbocycles. The zero-order chi connectivity index (χ0) is 68.7. The molecule has 1 heterocycles. The second-order valence-corrected chi connectivity index (χ2v) is 30.9. The van der Waals surface area contributed by atoms with E-state index in [2.05, 4.69) is 50.8 Å². The van der Waals surface area contributed by atoms with Gasteiger partial charge in [0.25, 0.3) is 0 Å². The number of carbonyl (C=O) groups is 5. The molecule has 2 aromatic rings. The molecule has 2 aliphatic rings. The first-order valence-electron chi connectivity index (χ1n) is 32.9. The topological polar surface area (TPSA) is 265 Å². The third-order valence-electron chi connectivity index (χ3n) is 13.1. The summed E-state index contributed by atoms with van der Waals surface area (Å²) < 4.78 is 79.3. The van der Waals surface area contributed by atoms with Gasteiger partial charge in [-0.3, -0.25) is 0 Å². The van der Waals surface area contributed by atoms with Crippen LogP contribution in [0.3, 0.4) is 0 Å². The summed E-state index contributed by atoms with van der Waals surface area (Å²) in [5.41, 5.74) is 2.27. The smallest absolute Gasteiger partial charge is 0.407 e. The molecular weight excluding hydrogens is 1290 g/mol. The van der Waals surface area contributed by atoms with E-state index in [0.29, 0.717) is 94.9 Å². The van der Waals surface area contributed by atoms with Gasteiger partial charge in [-0.1, -0.05) is 48.5 Å². The lowest BCUT2D eigenvalue weighted by molar-refractivity contribution is -0.324. The molecule has 94 heavy (non-hydrogen) atoms. The molecule has 5 N–H and O–H groups in total. The van der Waals surface area contributed by atoms with Gasteiger partial charge in [-0.2, -0.15) is 47.0 Å². The first kappa shape index (κ1) is 82.3. The van der Waals surface area contributed by atoms with Gasteiger partial charge < -0.3 is 88.2 Å². The van der Waals surface area contributed by atoms with Crippen LogP contribution >= 0.6 is 47.0 Å². The van der Waals surface area contributed by atoms with Crippen molar-refractivity contribution in [2.45, 2.75) is 168 Å². The van der Waals surface area contributed by atoms with Crippen molar-refractivity contribution in [3.05, 3.63) is 59.7 Å². The highest BCUT2D eigenvalue weighted by Gasteiger charge is 2.49. The van der Waals surface area contributed by atoms with E-state index in [1.807, 2.05) is 107 Å². The number of ether oxygens (including phenoxy) is 13. The average Bonchev–Trinajstić information content (AvgIpc) is 1.56. The molecule has 23 nitrogen and oxygen atoms in total. The number of alkyl carbamates (subject to hydrolysis) is 5. The molecule has 0 aromatic heterocycles. The second-order valence-electron chi connectivity index (χ2n) is 26.1. The van der Waals surface area contributed by atoms with Gasteiger partial charge in [0.15, 0.2) is 6.29 Å². The molecule has 1 fully saturated rings. The number of rotatable bonds is 45. The highest BCUT2D eigenvalue weighted by atomic mass is 32.2. The van der Waals surface area contributed by atoms with Crippen LogP contribution in [0.2, 0.25) is 0 Å². The van der Waals surface area contributed by atoms with E-state index in [1.165, 1.54) is 0 Å². The van der Waals surface area contributed by atoms with E-state index < -0.39 is 83.6 Å². The van der Waals surface area contributed by atoms with Crippen LogP contribution in [-0.2, 0) is 61.6 Å². The Hall–Kier alpha value is -4.13. The summed E-state index contributed by atoms with van der Waals surface area (Å²) in [4.78, 5) is 61.7. The monoisotopic (exact) mass is 1400 g/mol.